The summed E-state index contributed by atoms with van der Waals surface area (Å²) in [5, 5.41) is 11.0. The molecule has 0 spiro atoms. The molecule has 6 aromatic rings. The predicted molar refractivity (Wildman–Crippen MR) is 155 cm³/mol. The Balaban J connectivity index is 1.21. The van der Waals surface area contributed by atoms with Crippen molar-refractivity contribution in [2.45, 2.75) is 12.8 Å². The van der Waals surface area contributed by atoms with E-state index >= 15 is 0 Å². The van der Waals surface area contributed by atoms with Crippen molar-refractivity contribution in [2.24, 2.45) is 0 Å². The molecule has 5 heterocycles. The summed E-state index contributed by atoms with van der Waals surface area (Å²) in [7, 11) is 0. The fourth-order valence-corrected chi connectivity index (χ4v) is 4.88. The Kier molecular flexibility index (Phi) is 5.55. The monoisotopic (exact) mass is 508 g/mol. The molecular weight excluding hydrogens is 484 g/mol. The molecule has 188 valence electrons. The van der Waals surface area contributed by atoms with Crippen molar-refractivity contribution in [1.82, 2.24) is 35.1 Å². The molecule has 0 radical (unpaired) electrons. The number of pyridine rings is 3. The van der Waals surface area contributed by atoms with Gasteiger partial charge in [-0.1, -0.05) is 55.1 Å². The molecule has 5 aromatic heterocycles. The molecule has 0 bridgehead atoms. The van der Waals surface area contributed by atoms with E-state index in [4.69, 9.17) is 9.97 Å². The molecule has 1 aromatic carbocycles. The number of rotatable bonds is 7. The van der Waals surface area contributed by atoms with Crippen LogP contribution in [-0.2, 0) is 6.42 Å². The van der Waals surface area contributed by atoms with Crippen LogP contribution in [-0.4, -0.2) is 35.1 Å². The first kappa shape index (κ1) is 22.8. The van der Waals surface area contributed by atoms with E-state index < -0.39 is 0 Å². The summed E-state index contributed by atoms with van der Waals surface area (Å²) in [4.78, 5) is 22.1. The number of hydrogen-bond acceptors (Lipinski definition) is 6. The molecule has 7 rings (SSSR count). The van der Waals surface area contributed by atoms with E-state index in [-0.39, 0.29) is 0 Å². The van der Waals surface area contributed by atoms with E-state index in [1.54, 1.807) is 18.6 Å². The number of allylic oxidation sites excluding steroid dienone is 5. The van der Waals surface area contributed by atoms with Crippen LogP contribution in [0.2, 0.25) is 0 Å². The maximum atomic E-state index is 4.96. The lowest BCUT2D eigenvalue weighted by molar-refractivity contribution is 1.10. The number of hydrogen-bond donors (Lipinski definition) is 3. The molecule has 0 unspecified atom stereocenters. The predicted octanol–water partition coefficient (Wildman–Crippen LogP) is 6.47. The third kappa shape index (κ3) is 4.38. The summed E-state index contributed by atoms with van der Waals surface area (Å²) in [6.07, 6.45) is 15.3. The van der Waals surface area contributed by atoms with Crippen LogP contribution in [0.1, 0.15) is 17.5 Å². The first-order chi connectivity index (χ1) is 19.2. The number of benzene rings is 1. The van der Waals surface area contributed by atoms with Crippen LogP contribution >= 0.6 is 0 Å². The lowest BCUT2D eigenvalue weighted by Crippen LogP contribution is -2.02. The van der Waals surface area contributed by atoms with Crippen molar-refractivity contribution in [3.63, 3.8) is 0 Å². The molecule has 0 atom stereocenters. The SMILES string of the molecule is C=C(Cc1ccccc1)Nc1cncc(-c2ccc3[nH]nc(-c4nc5c(C6=CCC=C6)cncc5[nH]4)c3n2)c1. The second-order valence-electron chi connectivity index (χ2n) is 9.48. The van der Waals surface area contributed by atoms with Gasteiger partial charge in [0.25, 0.3) is 0 Å². The van der Waals surface area contributed by atoms with E-state index in [0.29, 0.717) is 11.5 Å². The van der Waals surface area contributed by atoms with Gasteiger partial charge in [-0.05, 0) is 35.8 Å². The van der Waals surface area contributed by atoms with Gasteiger partial charge in [-0.3, -0.25) is 15.1 Å². The van der Waals surface area contributed by atoms with Crippen molar-refractivity contribution < 1.29 is 0 Å². The second kappa shape index (κ2) is 9.50. The van der Waals surface area contributed by atoms with Crippen LogP contribution in [0.25, 0.3) is 50.4 Å². The largest absolute Gasteiger partial charge is 0.358 e. The molecule has 39 heavy (non-hydrogen) atoms. The summed E-state index contributed by atoms with van der Waals surface area (Å²) in [5.74, 6) is 0.642. The van der Waals surface area contributed by atoms with Gasteiger partial charge in [0.15, 0.2) is 11.5 Å². The molecule has 1 aliphatic rings. The summed E-state index contributed by atoms with van der Waals surface area (Å²) < 4.78 is 0. The number of aromatic nitrogens is 7. The Morgan fingerprint density at radius 2 is 1.82 bits per heavy atom. The molecule has 1 aliphatic carbocycles. The van der Waals surface area contributed by atoms with Crippen LogP contribution in [0.4, 0.5) is 5.69 Å². The van der Waals surface area contributed by atoms with Crippen LogP contribution in [0.15, 0.2) is 104 Å². The summed E-state index contributed by atoms with van der Waals surface area (Å²) >= 11 is 0. The minimum Gasteiger partial charge on any atom is -0.358 e. The van der Waals surface area contributed by atoms with Crippen LogP contribution in [0.3, 0.4) is 0 Å². The fraction of sp³-hybridized carbons (Fsp3) is 0.0645. The minimum absolute atomic E-state index is 0.642. The third-order valence-electron chi connectivity index (χ3n) is 6.72. The quantitative estimate of drug-likeness (QED) is 0.228. The molecule has 0 aliphatic heterocycles. The van der Waals surface area contributed by atoms with Crippen molar-refractivity contribution in [3.05, 3.63) is 115 Å². The van der Waals surface area contributed by atoms with Gasteiger partial charge in [0.2, 0.25) is 0 Å². The fourth-order valence-electron chi connectivity index (χ4n) is 4.88. The topological polar surface area (TPSA) is 108 Å². The van der Waals surface area contributed by atoms with Gasteiger partial charge in [-0.2, -0.15) is 5.10 Å². The molecule has 0 fully saturated rings. The highest BCUT2D eigenvalue weighted by Crippen LogP contribution is 2.31. The Morgan fingerprint density at radius 3 is 2.69 bits per heavy atom. The zero-order valence-electron chi connectivity index (χ0n) is 21.0. The summed E-state index contributed by atoms with van der Waals surface area (Å²) in [6.45, 7) is 4.19. The lowest BCUT2D eigenvalue weighted by Gasteiger charge is -2.11. The smallest absolute Gasteiger partial charge is 0.161 e. The summed E-state index contributed by atoms with van der Waals surface area (Å²) in [6, 6.07) is 16.2. The van der Waals surface area contributed by atoms with Gasteiger partial charge >= 0.3 is 0 Å². The number of anilines is 1. The number of aromatic amines is 2. The highest BCUT2D eigenvalue weighted by molar-refractivity contribution is 5.96. The van der Waals surface area contributed by atoms with Crippen molar-refractivity contribution in [1.29, 1.82) is 0 Å². The van der Waals surface area contributed by atoms with Gasteiger partial charge in [0.05, 0.1) is 40.3 Å². The van der Waals surface area contributed by atoms with Crippen LogP contribution < -0.4 is 5.32 Å². The zero-order chi connectivity index (χ0) is 26.2. The maximum absolute atomic E-state index is 4.96. The zero-order valence-corrected chi connectivity index (χ0v) is 21.0. The van der Waals surface area contributed by atoms with E-state index in [1.165, 1.54) is 5.56 Å². The minimum atomic E-state index is 0.642. The maximum Gasteiger partial charge on any atom is 0.161 e. The van der Waals surface area contributed by atoms with Crippen LogP contribution in [0.5, 0.6) is 0 Å². The molecule has 0 saturated carbocycles. The van der Waals surface area contributed by atoms with Gasteiger partial charge < -0.3 is 10.3 Å². The van der Waals surface area contributed by atoms with Crippen LogP contribution in [0, 0.1) is 0 Å². The van der Waals surface area contributed by atoms with Gasteiger partial charge in [-0.15, -0.1) is 0 Å². The summed E-state index contributed by atoms with van der Waals surface area (Å²) in [5.41, 5.74) is 10.7. The average molecular weight is 509 g/mol. The number of fused-ring (bicyclic) bond motifs is 2. The molecule has 0 amide bonds. The highest BCUT2D eigenvalue weighted by atomic mass is 15.2. The number of nitrogens with one attached hydrogen (secondary N) is 3. The number of nitrogens with zero attached hydrogens (tertiary/aromatic N) is 5. The van der Waals surface area contributed by atoms with E-state index in [2.05, 4.69) is 67.4 Å². The standard InChI is InChI=1S/C31H24N8/c1-19(13-20-7-3-2-4-8-20)34-23-14-22(15-32-16-23)25-11-12-26-29(35-25)30(39-38-26)31-36-27-18-33-17-24(28(27)37-31)21-9-5-6-10-21/h2-5,7-12,14-18,34H,1,6,13H2,(H,36,37)(H,38,39). The Morgan fingerprint density at radius 1 is 0.923 bits per heavy atom. The highest BCUT2D eigenvalue weighted by Gasteiger charge is 2.18. The van der Waals surface area contributed by atoms with E-state index in [9.17, 15) is 0 Å². The molecule has 8 nitrogen and oxygen atoms in total. The normalized spacial score (nSPS) is 12.8. The van der Waals surface area contributed by atoms with E-state index in [0.717, 1.165) is 68.7 Å². The first-order valence-electron chi connectivity index (χ1n) is 12.7. The van der Waals surface area contributed by atoms with Crippen molar-refractivity contribution in [3.8, 4) is 22.8 Å². The second-order valence-corrected chi connectivity index (χ2v) is 9.48. The van der Waals surface area contributed by atoms with Gasteiger partial charge in [-0.25, -0.2) is 9.97 Å². The Bertz CT molecular complexity index is 1910. The first-order valence-corrected chi connectivity index (χ1v) is 12.7. The van der Waals surface area contributed by atoms with Gasteiger partial charge in [0, 0.05) is 35.6 Å². The molecular formula is C31H24N8. The number of H-pyrrole nitrogens is 2. The Labute approximate surface area is 224 Å². The van der Waals surface area contributed by atoms with Crippen molar-refractivity contribution in [2.75, 3.05) is 5.32 Å². The average Bonchev–Trinajstić information content (AvgIpc) is 3.73. The molecule has 0 saturated heterocycles. The van der Waals surface area contributed by atoms with Crippen molar-refractivity contribution >= 4 is 33.3 Å². The lowest BCUT2D eigenvalue weighted by atomic mass is 10.1. The van der Waals surface area contributed by atoms with E-state index in [1.807, 2.05) is 42.6 Å². The Hall–Kier alpha value is -5.37. The number of imidazole rings is 1. The van der Waals surface area contributed by atoms with Gasteiger partial charge in [0.1, 0.15) is 5.52 Å². The molecule has 3 N–H and O–H groups in total. The third-order valence-corrected chi connectivity index (χ3v) is 6.72. The molecule has 8 heteroatoms.